The van der Waals surface area contributed by atoms with Gasteiger partial charge in [0.1, 0.15) is 11.3 Å². The third kappa shape index (κ3) is 5.90. The van der Waals surface area contributed by atoms with Crippen LogP contribution in [0.5, 0.6) is 5.75 Å². The van der Waals surface area contributed by atoms with Crippen LogP contribution in [0.2, 0.25) is 5.02 Å². The number of fused-ring (bicyclic) bond motifs is 1. The fraction of sp³-hybridized carbons (Fsp3) is 0.188. The summed E-state index contributed by atoms with van der Waals surface area (Å²) in [5, 5.41) is 21.4. The predicted molar refractivity (Wildman–Crippen MR) is 168 cm³/mol. The Morgan fingerprint density at radius 2 is 1.86 bits per heavy atom. The van der Waals surface area contributed by atoms with Crippen LogP contribution < -0.4 is 9.64 Å². The average Bonchev–Trinajstić information content (AvgIpc) is 3.73. The van der Waals surface area contributed by atoms with Crippen molar-refractivity contribution in [1.82, 2.24) is 10.2 Å². The van der Waals surface area contributed by atoms with Gasteiger partial charge in [-0.05, 0) is 47.9 Å². The van der Waals surface area contributed by atoms with Crippen LogP contribution in [0.15, 0.2) is 99.0 Å². The van der Waals surface area contributed by atoms with E-state index in [2.05, 4.69) is 17.1 Å². The van der Waals surface area contributed by atoms with Gasteiger partial charge in [0.25, 0.3) is 5.91 Å². The third-order valence-corrected chi connectivity index (χ3v) is 9.45. The van der Waals surface area contributed by atoms with Gasteiger partial charge in [-0.15, -0.1) is 10.2 Å². The summed E-state index contributed by atoms with van der Waals surface area (Å²) in [6, 6.07) is 22.6. The second-order valence-corrected chi connectivity index (χ2v) is 12.4. The topological polar surface area (TPSA) is 106 Å². The van der Waals surface area contributed by atoms with Crippen LogP contribution in [0.1, 0.15) is 47.5 Å². The molecule has 218 valence electrons. The van der Waals surface area contributed by atoms with Gasteiger partial charge in [0.15, 0.2) is 15.9 Å². The highest BCUT2D eigenvalue weighted by molar-refractivity contribution is 8.00. The van der Waals surface area contributed by atoms with Crippen molar-refractivity contribution in [3.05, 3.63) is 112 Å². The summed E-state index contributed by atoms with van der Waals surface area (Å²) in [6.45, 7) is 2.67. The molecule has 0 saturated heterocycles. The Balaban J connectivity index is 1.34. The van der Waals surface area contributed by atoms with Gasteiger partial charge in [0, 0.05) is 16.2 Å². The molecule has 6 rings (SSSR count). The normalized spacial score (nSPS) is 15.1. The number of Topliss-reactive ketones (excluding diaryl/α,β-unsaturated/α-hetero) is 1. The Morgan fingerprint density at radius 1 is 1.09 bits per heavy atom. The fourth-order valence-electron chi connectivity index (χ4n) is 4.77. The molecule has 1 amide bonds. The number of halogens is 1. The summed E-state index contributed by atoms with van der Waals surface area (Å²) in [4.78, 5) is 28.8. The van der Waals surface area contributed by atoms with E-state index in [-0.39, 0.29) is 16.5 Å². The number of amides is 1. The second-order valence-electron chi connectivity index (χ2n) is 9.82. The van der Waals surface area contributed by atoms with Crippen molar-refractivity contribution in [3.63, 3.8) is 0 Å². The molecule has 1 aliphatic heterocycles. The van der Waals surface area contributed by atoms with Gasteiger partial charge in [-0.25, -0.2) is 0 Å². The van der Waals surface area contributed by atoms with Crippen molar-refractivity contribution >= 4 is 62.5 Å². The number of thioether (sulfide) groups is 1. The number of anilines is 1. The molecule has 3 heterocycles. The first kappa shape index (κ1) is 29.0. The molecule has 2 aromatic heterocycles. The van der Waals surface area contributed by atoms with Gasteiger partial charge in [-0.2, -0.15) is 0 Å². The third-order valence-electron chi connectivity index (χ3n) is 6.98. The number of benzene rings is 3. The summed E-state index contributed by atoms with van der Waals surface area (Å²) < 4.78 is 12.3. The van der Waals surface area contributed by atoms with Crippen molar-refractivity contribution in [1.29, 1.82) is 0 Å². The van der Waals surface area contributed by atoms with E-state index >= 15 is 0 Å². The highest BCUT2D eigenvalue weighted by Crippen LogP contribution is 2.44. The number of nitrogens with zero attached hydrogens (tertiary/aromatic N) is 3. The number of ketones is 1. The number of furan rings is 1. The smallest absolute Gasteiger partial charge is 0.296 e. The van der Waals surface area contributed by atoms with Crippen LogP contribution in [0.4, 0.5) is 5.13 Å². The number of carbonyl (C=O) groups excluding carboxylic acids is 2. The largest absolute Gasteiger partial charge is 0.503 e. The summed E-state index contributed by atoms with van der Waals surface area (Å²) in [7, 11) is 0. The first-order valence-electron chi connectivity index (χ1n) is 13.7. The zero-order valence-electron chi connectivity index (χ0n) is 23.0. The van der Waals surface area contributed by atoms with E-state index in [1.807, 2.05) is 36.4 Å². The first-order valence-corrected chi connectivity index (χ1v) is 15.8. The molecular weight excluding hydrogens is 606 g/mol. The lowest BCUT2D eigenvalue weighted by molar-refractivity contribution is -0.117. The van der Waals surface area contributed by atoms with E-state index < -0.39 is 23.5 Å². The van der Waals surface area contributed by atoms with Gasteiger partial charge >= 0.3 is 0 Å². The summed E-state index contributed by atoms with van der Waals surface area (Å²) in [6.07, 6.45) is 1.93. The molecule has 1 aliphatic rings. The monoisotopic (exact) mass is 631 g/mol. The molecule has 0 spiro atoms. The minimum absolute atomic E-state index is 0.0233. The Morgan fingerprint density at radius 3 is 2.63 bits per heavy atom. The van der Waals surface area contributed by atoms with Crippen LogP contribution in [-0.4, -0.2) is 33.6 Å². The van der Waals surface area contributed by atoms with Crippen molar-refractivity contribution in [3.8, 4) is 5.75 Å². The molecule has 0 radical (unpaired) electrons. The van der Waals surface area contributed by atoms with E-state index in [0.29, 0.717) is 38.6 Å². The molecule has 43 heavy (non-hydrogen) atoms. The zero-order valence-corrected chi connectivity index (χ0v) is 25.4. The van der Waals surface area contributed by atoms with Gasteiger partial charge < -0.3 is 14.3 Å². The molecule has 1 atom stereocenters. The molecule has 3 aromatic carbocycles. The predicted octanol–water partition coefficient (Wildman–Crippen LogP) is 8.19. The number of hydrogen-bond donors (Lipinski definition) is 1. The highest BCUT2D eigenvalue weighted by Gasteiger charge is 2.46. The van der Waals surface area contributed by atoms with Crippen molar-refractivity contribution in [2.24, 2.45) is 0 Å². The minimum atomic E-state index is -0.965. The number of hydrogen-bond acceptors (Lipinski definition) is 9. The lowest BCUT2D eigenvalue weighted by atomic mass is 9.95. The number of aliphatic hydroxyl groups excluding tert-OH is 1. The maximum atomic E-state index is 13.9. The standard InChI is InChI=1S/C32H26ClN3O5S2/c1-2-3-16-40-22-14-12-19(13-15-22)27-26(28(37)25-17-20-8-5-7-11-24(20)41-25)29(38)30(39)36(27)31-34-35-32(43-31)42-18-21-9-4-6-10-23(21)33/h4-15,17,27,38H,2-3,16,18H2,1H3. The molecule has 1 N–H and O–H groups in total. The Bertz CT molecular complexity index is 1800. The van der Waals surface area contributed by atoms with E-state index in [1.165, 1.54) is 28.0 Å². The molecule has 5 aromatic rings. The van der Waals surface area contributed by atoms with E-state index in [9.17, 15) is 14.7 Å². The molecule has 0 saturated carbocycles. The highest BCUT2D eigenvalue weighted by atomic mass is 35.5. The maximum Gasteiger partial charge on any atom is 0.296 e. The molecular formula is C32H26ClN3O5S2. The van der Waals surface area contributed by atoms with Crippen molar-refractivity contribution in [2.75, 3.05) is 11.5 Å². The first-order chi connectivity index (χ1) is 20.9. The summed E-state index contributed by atoms with van der Waals surface area (Å²) in [5.41, 5.74) is 1.98. The van der Waals surface area contributed by atoms with Crippen molar-refractivity contribution < 1.29 is 23.8 Å². The SMILES string of the molecule is CCCCOc1ccc(C2C(C(=O)c3cc4ccccc4o3)=C(O)C(=O)N2c2nnc(SCc3ccccc3Cl)s2)cc1. The van der Waals surface area contributed by atoms with Gasteiger partial charge in [0.2, 0.25) is 10.9 Å². The lowest BCUT2D eigenvalue weighted by Gasteiger charge is -2.24. The van der Waals surface area contributed by atoms with Crippen LogP contribution in [0.3, 0.4) is 0 Å². The average molecular weight is 632 g/mol. The molecule has 0 aliphatic carbocycles. The molecule has 0 bridgehead atoms. The lowest BCUT2D eigenvalue weighted by Crippen LogP contribution is -2.31. The fourth-order valence-corrected chi connectivity index (χ4v) is 6.92. The number of unbranched alkanes of at least 4 members (excludes halogenated alkanes) is 1. The summed E-state index contributed by atoms with van der Waals surface area (Å²) >= 11 is 8.94. The number of rotatable bonds is 11. The van der Waals surface area contributed by atoms with Crippen LogP contribution in [0.25, 0.3) is 11.0 Å². The molecule has 11 heteroatoms. The Kier molecular flexibility index (Phi) is 8.51. The van der Waals surface area contributed by atoms with Gasteiger partial charge in [-0.3, -0.25) is 14.5 Å². The van der Waals surface area contributed by atoms with E-state index in [0.717, 1.165) is 23.8 Å². The molecule has 0 fully saturated rings. The number of ether oxygens (including phenoxy) is 1. The van der Waals surface area contributed by atoms with E-state index in [4.69, 9.17) is 20.8 Å². The van der Waals surface area contributed by atoms with Crippen LogP contribution in [0, 0.1) is 0 Å². The van der Waals surface area contributed by atoms with Gasteiger partial charge in [-0.1, -0.05) is 96.6 Å². The van der Waals surface area contributed by atoms with E-state index in [1.54, 1.807) is 42.5 Å². The van der Waals surface area contributed by atoms with Gasteiger partial charge in [0.05, 0.1) is 18.2 Å². The Labute approximate surface area is 260 Å². The molecule has 8 nitrogen and oxygen atoms in total. The minimum Gasteiger partial charge on any atom is -0.503 e. The quantitative estimate of drug-likeness (QED) is 0.0673. The maximum absolute atomic E-state index is 13.9. The molecule has 1 unspecified atom stereocenters. The van der Waals surface area contributed by atoms with Crippen molar-refractivity contribution in [2.45, 2.75) is 35.9 Å². The Hall–Kier alpha value is -4.12. The van der Waals surface area contributed by atoms with Crippen LogP contribution in [-0.2, 0) is 10.5 Å². The number of carbonyl (C=O) groups is 2. The number of para-hydroxylation sites is 1. The number of aromatic nitrogens is 2. The second kappa shape index (κ2) is 12.6. The van der Waals surface area contributed by atoms with Crippen LogP contribution >= 0.6 is 34.7 Å². The zero-order chi connectivity index (χ0) is 29.9. The summed E-state index contributed by atoms with van der Waals surface area (Å²) in [5.74, 6) is -0.734. The number of aliphatic hydroxyl groups is 1.